The SMILES string of the molecule is COc1cc(C(C)(C)C)cc(C(N)C(=O)O)c1OC. The quantitative estimate of drug-likeness (QED) is 0.873. The van der Waals surface area contributed by atoms with E-state index in [2.05, 4.69) is 0 Å². The van der Waals surface area contributed by atoms with Gasteiger partial charge < -0.3 is 20.3 Å². The van der Waals surface area contributed by atoms with Crippen molar-refractivity contribution in [2.24, 2.45) is 5.73 Å². The minimum atomic E-state index is -1.15. The second-order valence-corrected chi connectivity index (χ2v) is 5.37. The van der Waals surface area contributed by atoms with Gasteiger partial charge in [0.25, 0.3) is 0 Å². The summed E-state index contributed by atoms with van der Waals surface area (Å²) in [6.07, 6.45) is 0. The molecule has 0 aliphatic carbocycles. The van der Waals surface area contributed by atoms with Crippen LogP contribution >= 0.6 is 0 Å². The maximum Gasteiger partial charge on any atom is 0.325 e. The van der Waals surface area contributed by atoms with E-state index >= 15 is 0 Å². The average molecular weight is 267 g/mol. The predicted molar refractivity (Wildman–Crippen MR) is 72.8 cm³/mol. The van der Waals surface area contributed by atoms with Gasteiger partial charge in [0.2, 0.25) is 0 Å². The van der Waals surface area contributed by atoms with E-state index in [1.54, 1.807) is 6.07 Å². The molecule has 0 bridgehead atoms. The third-order valence-electron chi connectivity index (χ3n) is 2.97. The first-order valence-corrected chi connectivity index (χ1v) is 5.97. The molecule has 0 saturated carbocycles. The van der Waals surface area contributed by atoms with E-state index in [1.807, 2.05) is 26.8 Å². The molecule has 0 amide bonds. The molecule has 1 rings (SSSR count). The first kappa shape index (κ1) is 15.3. The number of hydrogen-bond acceptors (Lipinski definition) is 4. The van der Waals surface area contributed by atoms with Gasteiger partial charge in [-0.1, -0.05) is 20.8 Å². The molecule has 0 spiro atoms. The highest BCUT2D eigenvalue weighted by atomic mass is 16.5. The summed E-state index contributed by atoms with van der Waals surface area (Å²) in [5, 5.41) is 9.09. The number of benzene rings is 1. The Balaban J connectivity index is 3.53. The molecular formula is C14H21NO4. The van der Waals surface area contributed by atoms with Crippen LogP contribution in [-0.2, 0) is 10.2 Å². The fraction of sp³-hybridized carbons (Fsp3) is 0.500. The van der Waals surface area contributed by atoms with E-state index in [0.29, 0.717) is 17.1 Å². The van der Waals surface area contributed by atoms with Crippen LogP contribution in [0.25, 0.3) is 0 Å². The van der Waals surface area contributed by atoms with E-state index in [4.69, 9.17) is 20.3 Å². The number of hydrogen-bond donors (Lipinski definition) is 2. The van der Waals surface area contributed by atoms with Crippen molar-refractivity contribution in [3.05, 3.63) is 23.3 Å². The Hall–Kier alpha value is -1.75. The van der Waals surface area contributed by atoms with Gasteiger partial charge in [-0.3, -0.25) is 4.79 Å². The zero-order chi connectivity index (χ0) is 14.8. The van der Waals surface area contributed by atoms with E-state index in [0.717, 1.165) is 5.56 Å². The van der Waals surface area contributed by atoms with Crippen molar-refractivity contribution < 1.29 is 19.4 Å². The molecule has 0 saturated heterocycles. The number of nitrogens with two attached hydrogens (primary N) is 1. The summed E-state index contributed by atoms with van der Waals surface area (Å²) < 4.78 is 10.5. The smallest absolute Gasteiger partial charge is 0.325 e. The van der Waals surface area contributed by atoms with Crippen LogP contribution in [0.15, 0.2) is 12.1 Å². The highest BCUT2D eigenvalue weighted by Crippen LogP contribution is 2.38. The van der Waals surface area contributed by atoms with Crippen LogP contribution in [0.2, 0.25) is 0 Å². The number of rotatable bonds is 4. The van der Waals surface area contributed by atoms with Gasteiger partial charge >= 0.3 is 5.97 Å². The second-order valence-electron chi connectivity index (χ2n) is 5.37. The summed E-state index contributed by atoms with van der Waals surface area (Å²) in [6, 6.07) is 2.46. The molecule has 0 heterocycles. The molecule has 0 aliphatic heterocycles. The van der Waals surface area contributed by atoms with Crippen LogP contribution < -0.4 is 15.2 Å². The molecule has 0 aromatic heterocycles. The Morgan fingerprint density at radius 2 is 1.84 bits per heavy atom. The number of methoxy groups -OCH3 is 2. The normalized spacial score (nSPS) is 12.9. The molecule has 5 nitrogen and oxygen atoms in total. The summed E-state index contributed by atoms with van der Waals surface area (Å²) in [7, 11) is 2.98. The summed E-state index contributed by atoms with van der Waals surface area (Å²) in [4.78, 5) is 11.1. The summed E-state index contributed by atoms with van der Waals surface area (Å²) >= 11 is 0. The topological polar surface area (TPSA) is 81.8 Å². The molecule has 106 valence electrons. The van der Waals surface area contributed by atoms with Gasteiger partial charge in [-0.25, -0.2) is 0 Å². The van der Waals surface area contributed by atoms with Crippen LogP contribution in [0.1, 0.15) is 37.9 Å². The van der Waals surface area contributed by atoms with Crippen molar-refractivity contribution in [2.75, 3.05) is 14.2 Å². The van der Waals surface area contributed by atoms with Crippen molar-refractivity contribution in [1.29, 1.82) is 0 Å². The average Bonchev–Trinajstić information content (AvgIpc) is 2.34. The minimum absolute atomic E-state index is 0.146. The first-order chi connectivity index (χ1) is 8.72. The van der Waals surface area contributed by atoms with Crippen molar-refractivity contribution in [2.45, 2.75) is 32.2 Å². The van der Waals surface area contributed by atoms with Crippen molar-refractivity contribution in [1.82, 2.24) is 0 Å². The molecule has 19 heavy (non-hydrogen) atoms. The van der Waals surface area contributed by atoms with Gasteiger partial charge in [-0.05, 0) is 23.1 Å². The predicted octanol–water partition coefficient (Wildman–Crippen LogP) is 2.09. The van der Waals surface area contributed by atoms with Gasteiger partial charge in [0, 0.05) is 5.56 Å². The zero-order valence-corrected chi connectivity index (χ0v) is 12.0. The Morgan fingerprint density at radius 3 is 2.21 bits per heavy atom. The van der Waals surface area contributed by atoms with Crippen LogP contribution in [-0.4, -0.2) is 25.3 Å². The Bertz CT molecular complexity index is 477. The van der Waals surface area contributed by atoms with Crippen LogP contribution in [0.4, 0.5) is 0 Å². The Labute approximate surface area is 113 Å². The molecule has 0 radical (unpaired) electrons. The van der Waals surface area contributed by atoms with Gasteiger partial charge in [0.05, 0.1) is 14.2 Å². The van der Waals surface area contributed by atoms with Crippen LogP contribution in [0.3, 0.4) is 0 Å². The largest absolute Gasteiger partial charge is 0.493 e. The standard InChI is InChI=1S/C14H21NO4/c1-14(2,3)8-6-9(11(15)13(16)17)12(19-5)10(7-8)18-4/h6-7,11H,15H2,1-5H3,(H,16,17). The summed E-state index contributed by atoms with van der Waals surface area (Å²) in [6.45, 7) is 6.10. The molecule has 1 aromatic carbocycles. The van der Waals surface area contributed by atoms with Gasteiger partial charge in [0.15, 0.2) is 11.5 Å². The number of carbonyl (C=O) groups is 1. The van der Waals surface area contributed by atoms with Crippen molar-refractivity contribution >= 4 is 5.97 Å². The molecular weight excluding hydrogens is 246 g/mol. The highest BCUT2D eigenvalue weighted by Gasteiger charge is 2.25. The van der Waals surface area contributed by atoms with Gasteiger partial charge in [0.1, 0.15) is 6.04 Å². The van der Waals surface area contributed by atoms with Crippen molar-refractivity contribution in [3.63, 3.8) is 0 Å². The number of carboxylic acids is 1. The lowest BCUT2D eigenvalue weighted by atomic mass is 9.85. The highest BCUT2D eigenvalue weighted by molar-refractivity contribution is 5.77. The maximum absolute atomic E-state index is 11.1. The molecule has 1 atom stereocenters. The minimum Gasteiger partial charge on any atom is -0.493 e. The lowest BCUT2D eigenvalue weighted by Gasteiger charge is -2.24. The van der Waals surface area contributed by atoms with Gasteiger partial charge in [-0.2, -0.15) is 0 Å². The molecule has 1 unspecified atom stereocenters. The molecule has 0 aliphatic rings. The molecule has 0 fully saturated rings. The molecule has 5 heteroatoms. The van der Waals surface area contributed by atoms with E-state index in [-0.39, 0.29) is 5.41 Å². The summed E-state index contributed by atoms with van der Waals surface area (Å²) in [5.74, 6) is -0.251. The first-order valence-electron chi connectivity index (χ1n) is 5.97. The van der Waals surface area contributed by atoms with Crippen LogP contribution in [0, 0.1) is 0 Å². The maximum atomic E-state index is 11.1. The number of aliphatic carboxylic acids is 1. The molecule has 1 aromatic rings. The lowest BCUT2D eigenvalue weighted by Crippen LogP contribution is -2.23. The lowest BCUT2D eigenvalue weighted by molar-refractivity contribution is -0.138. The van der Waals surface area contributed by atoms with E-state index < -0.39 is 12.0 Å². The third kappa shape index (κ3) is 3.17. The van der Waals surface area contributed by atoms with E-state index in [9.17, 15) is 4.79 Å². The fourth-order valence-corrected chi connectivity index (χ4v) is 1.79. The monoisotopic (exact) mass is 267 g/mol. The Morgan fingerprint density at radius 1 is 1.26 bits per heavy atom. The third-order valence-corrected chi connectivity index (χ3v) is 2.97. The van der Waals surface area contributed by atoms with E-state index in [1.165, 1.54) is 14.2 Å². The summed E-state index contributed by atoms with van der Waals surface area (Å²) in [5.41, 5.74) is 6.93. The Kier molecular flexibility index (Phi) is 4.42. The van der Waals surface area contributed by atoms with Crippen LogP contribution in [0.5, 0.6) is 11.5 Å². The second kappa shape index (κ2) is 5.48. The number of ether oxygens (including phenoxy) is 2. The zero-order valence-electron chi connectivity index (χ0n) is 12.0. The fourth-order valence-electron chi connectivity index (χ4n) is 1.79. The van der Waals surface area contributed by atoms with Gasteiger partial charge in [-0.15, -0.1) is 0 Å². The van der Waals surface area contributed by atoms with Crippen molar-refractivity contribution in [3.8, 4) is 11.5 Å². The molecule has 3 N–H and O–H groups in total. The number of carboxylic acid groups (broad SMARTS) is 1.